The zero-order valence-corrected chi connectivity index (χ0v) is 14.1. The number of benzene rings is 2. The minimum Gasteiger partial charge on any atom is -0.490 e. The highest BCUT2D eigenvalue weighted by molar-refractivity contribution is 9.10. The van der Waals surface area contributed by atoms with Gasteiger partial charge in [0.25, 0.3) is 5.91 Å². The fraction of sp³-hybridized carbons (Fsp3) is 0.278. The van der Waals surface area contributed by atoms with E-state index in [2.05, 4.69) is 15.9 Å². The van der Waals surface area contributed by atoms with Crippen molar-refractivity contribution < 1.29 is 13.9 Å². The van der Waals surface area contributed by atoms with E-state index in [-0.39, 0.29) is 17.8 Å². The predicted molar refractivity (Wildman–Crippen MR) is 90.1 cm³/mol. The van der Waals surface area contributed by atoms with Crippen LogP contribution in [0.2, 0.25) is 0 Å². The van der Waals surface area contributed by atoms with Gasteiger partial charge in [0, 0.05) is 36.0 Å². The Morgan fingerprint density at radius 1 is 1.13 bits per heavy atom. The molecule has 1 aliphatic rings. The normalized spacial score (nSPS) is 15.5. The summed E-state index contributed by atoms with van der Waals surface area (Å²) in [5.74, 6) is 0.446. The first-order valence-electron chi connectivity index (χ1n) is 7.59. The van der Waals surface area contributed by atoms with Gasteiger partial charge in [-0.2, -0.15) is 0 Å². The van der Waals surface area contributed by atoms with Crippen molar-refractivity contribution in [3.8, 4) is 5.75 Å². The maximum Gasteiger partial charge on any atom is 0.253 e. The van der Waals surface area contributed by atoms with Crippen molar-refractivity contribution in [1.29, 1.82) is 0 Å². The zero-order chi connectivity index (χ0) is 16.2. The second-order valence-corrected chi connectivity index (χ2v) is 6.49. The van der Waals surface area contributed by atoms with Crippen LogP contribution < -0.4 is 4.74 Å². The Morgan fingerprint density at radius 2 is 1.83 bits per heavy atom. The average molecular weight is 378 g/mol. The molecule has 3 nitrogen and oxygen atoms in total. The quantitative estimate of drug-likeness (QED) is 0.798. The van der Waals surface area contributed by atoms with E-state index in [9.17, 15) is 9.18 Å². The lowest BCUT2D eigenvalue weighted by atomic mass is 10.1. The number of carbonyl (C=O) groups excluding carboxylic acids is 1. The molecule has 1 aliphatic heterocycles. The third-order valence-electron chi connectivity index (χ3n) is 3.92. The smallest absolute Gasteiger partial charge is 0.253 e. The van der Waals surface area contributed by atoms with Crippen molar-refractivity contribution >= 4 is 21.8 Å². The van der Waals surface area contributed by atoms with Gasteiger partial charge in [-0.25, -0.2) is 4.39 Å². The minimum atomic E-state index is -0.271. The van der Waals surface area contributed by atoms with Gasteiger partial charge >= 0.3 is 0 Å². The van der Waals surface area contributed by atoms with Crippen molar-refractivity contribution in [2.75, 3.05) is 13.1 Å². The van der Waals surface area contributed by atoms with Gasteiger partial charge in [0.2, 0.25) is 0 Å². The number of piperidine rings is 1. The van der Waals surface area contributed by atoms with Gasteiger partial charge in [-0.15, -0.1) is 0 Å². The number of nitrogens with zero attached hydrogens (tertiary/aromatic N) is 1. The molecule has 0 aliphatic carbocycles. The molecular weight excluding hydrogens is 361 g/mol. The molecule has 1 fully saturated rings. The molecule has 0 bridgehead atoms. The molecule has 0 spiro atoms. The summed E-state index contributed by atoms with van der Waals surface area (Å²) in [5.41, 5.74) is 0.692. The molecule has 3 rings (SSSR count). The predicted octanol–water partition coefficient (Wildman–Crippen LogP) is 4.27. The standard InChI is InChI=1S/C18H17BrFNO2/c19-14-3-1-2-13(12-14)18(22)21-10-8-17(9-11-21)23-16-6-4-15(20)5-7-16/h1-7,12,17H,8-11H2. The molecule has 23 heavy (non-hydrogen) atoms. The summed E-state index contributed by atoms with van der Waals surface area (Å²) in [6, 6.07) is 13.5. The lowest BCUT2D eigenvalue weighted by Gasteiger charge is -2.32. The molecule has 0 saturated carbocycles. The monoisotopic (exact) mass is 377 g/mol. The van der Waals surface area contributed by atoms with E-state index < -0.39 is 0 Å². The van der Waals surface area contributed by atoms with Gasteiger partial charge in [0.15, 0.2) is 0 Å². The fourth-order valence-corrected chi connectivity index (χ4v) is 3.09. The number of amides is 1. The van der Waals surface area contributed by atoms with Gasteiger partial charge in [-0.05, 0) is 42.5 Å². The number of hydrogen-bond acceptors (Lipinski definition) is 2. The van der Waals surface area contributed by atoms with Crippen LogP contribution in [0, 0.1) is 5.82 Å². The second-order valence-electron chi connectivity index (χ2n) is 5.57. The Hall–Kier alpha value is -1.88. The van der Waals surface area contributed by atoms with Crippen LogP contribution in [0.25, 0.3) is 0 Å². The maximum absolute atomic E-state index is 12.9. The molecule has 5 heteroatoms. The average Bonchev–Trinajstić information content (AvgIpc) is 2.57. The van der Waals surface area contributed by atoms with Crippen molar-refractivity contribution in [1.82, 2.24) is 4.90 Å². The third kappa shape index (κ3) is 4.10. The van der Waals surface area contributed by atoms with Crippen LogP contribution >= 0.6 is 15.9 Å². The van der Waals surface area contributed by atoms with E-state index in [1.165, 1.54) is 12.1 Å². The largest absolute Gasteiger partial charge is 0.490 e. The first-order valence-corrected chi connectivity index (χ1v) is 8.38. The summed E-state index contributed by atoms with van der Waals surface area (Å²) in [7, 11) is 0. The fourth-order valence-electron chi connectivity index (χ4n) is 2.69. The zero-order valence-electron chi connectivity index (χ0n) is 12.5. The Labute approximate surface area is 143 Å². The first kappa shape index (κ1) is 16.0. The molecule has 0 N–H and O–H groups in total. The first-order chi connectivity index (χ1) is 11.1. The molecule has 2 aromatic rings. The molecule has 1 saturated heterocycles. The van der Waals surface area contributed by atoms with Gasteiger partial charge in [-0.3, -0.25) is 4.79 Å². The van der Waals surface area contributed by atoms with Gasteiger partial charge in [0.05, 0.1) is 0 Å². The van der Waals surface area contributed by atoms with E-state index >= 15 is 0 Å². The highest BCUT2D eigenvalue weighted by Crippen LogP contribution is 2.21. The summed E-state index contributed by atoms with van der Waals surface area (Å²) < 4.78 is 19.6. The highest BCUT2D eigenvalue weighted by atomic mass is 79.9. The Morgan fingerprint density at radius 3 is 2.48 bits per heavy atom. The van der Waals surface area contributed by atoms with Crippen LogP contribution in [0.15, 0.2) is 53.0 Å². The SMILES string of the molecule is O=C(c1cccc(Br)c1)N1CCC(Oc2ccc(F)cc2)CC1. The van der Waals surface area contributed by atoms with Crippen LogP contribution in [0.4, 0.5) is 4.39 Å². The molecule has 1 amide bonds. The summed E-state index contributed by atoms with van der Waals surface area (Å²) in [6.07, 6.45) is 1.61. The molecule has 2 aromatic carbocycles. The summed E-state index contributed by atoms with van der Waals surface area (Å²) in [6.45, 7) is 1.33. The van der Waals surface area contributed by atoms with Crippen molar-refractivity contribution in [2.45, 2.75) is 18.9 Å². The van der Waals surface area contributed by atoms with Gasteiger partial charge in [-0.1, -0.05) is 22.0 Å². The van der Waals surface area contributed by atoms with E-state index in [1.807, 2.05) is 29.2 Å². The molecule has 0 atom stereocenters. The number of likely N-dealkylation sites (tertiary alicyclic amines) is 1. The Balaban J connectivity index is 1.55. The maximum atomic E-state index is 12.9. The van der Waals surface area contributed by atoms with E-state index in [0.717, 1.165) is 17.3 Å². The van der Waals surface area contributed by atoms with Crippen LogP contribution in [-0.2, 0) is 0 Å². The Kier molecular flexibility index (Phi) is 4.96. The lowest BCUT2D eigenvalue weighted by Crippen LogP contribution is -2.41. The summed E-state index contributed by atoms with van der Waals surface area (Å²) in [5, 5.41) is 0. The number of carbonyl (C=O) groups is 1. The van der Waals surface area contributed by atoms with E-state index in [0.29, 0.717) is 24.4 Å². The van der Waals surface area contributed by atoms with Gasteiger partial charge in [0.1, 0.15) is 17.7 Å². The molecule has 0 aromatic heterocycles. The second kappa shape index (κ2) is 7.13. The van der Waals surface area contributed by atoms with Gasteiger partial charge < -0.3 is 9.64 Å². The number of hydrogen-bond donors (Lipinski definition) is 0. The molecule has 1 heterocycles. The van der Waals surface area contributed by atoms with Crippen LogP contribution in [0.3, 0.4) is 0 Å². The molecule has 120 valence electrons. The summed E-state index contributed by atoms with van der Waals surface area (Å²) >= 11 is 3.39. The molecular formula is C18H17BrFNO2. The number of ether oxygens (including phenoxy) is 1. The van der Waals surface area contributed by atoms with E-state index in [4.69, 9.17) is 4.74 Å². The van der Waals surface area contributed by atoms with Crippen molar-refractivity contribution in [3.05, 3.63) is 64.4 Å². The Bertz CT molecular complexity index is 682. The summed E-state index contributed by atoms with van der Waals surface area (Å²) in [4.78, 5) is 14.3. The van der Waals surface area contributed by atoms with E-state index in [1.54, 1.807) is 12.1 Å². The van der Waals surface area contributed by atoms with Crippen molar-refractivity contribution in [3.63, 3.8) is 0 Å². The molecule has 0 unspecified atom stereocenters. The lowest BCUT2D eigenvalue weighted by molar-refractivity contribution is 0.0595. The molecule has 0 radical (unpaired) electrons. The van der Waals surface area contributed by atoms with Crippen LogP contribution in [0.5, 0.6) is 5.75 Å². The number of rotatable bonds is 3. The van der Waals surface area contributed by atoms with Crippen LogP contribution in [0.1, 0.15) is 23.2 Å². The van der Waals surface area contributed by atoms with Crippen molar-refractivity contribution in [2.24, 2.45) is 0 Å². The topological polar surface area (TPSA) is 29.5 Å². The third-order valence-corrected chi connectivity index (χ3v) is 4.41. The minimum absolute atomic E-state index is 0.0477. The number of halogens is 2. The van der Waals surface area contributed by atoms with Crippen LogP contribution in [-0.4, -0.2) is 30.0 Å². The highest BCUT2D eigenvalue weighted by Gasteiger charge is 2.24.